The van der Waals surface area contributed by atoms with Crippen molar-refractivity contribution in [2.75, 3.05) is 13.1 Å². The van der Waals surface area contributed by atoms with Crippen LogP contribution in [0.2, 0.25) is 0 Å². The molecule has 1 fully saturated rings. The molecule has 3 heteroatoms. The summed E-state index contributed by atoms with van der Waals surface area (Å²) >= 11 is 0. The topological polar surface area (TPSA) is 41.3 Å². The molecule has 1 unspecified atom stereocenters. The van der Waals surface area contributed by atoms with Gasteiger partial charge in [-0.2, -0.15) is 0 Å². The molecule has 0 radical (unpaired) electrons. The first-order valence-electron chi connectivity index (χ1n) is 8.25. The van der Waals surface area contributed by atoms with Gasteiger partial charge in [0.05, 0.1) is 0 Å². The molecule has 1 aromatic carbocycles. The normalized spacial score (nSPS) is 18.4. The molecule has 3 N–H and O–H groups in total. The zero-order valence-electron chi connectivity index (χ0n) is 14.0. The number of rotatable bonds is 6. The summed E-state index contributed by atoms with van der Waals surface area (Å²) in [4.78, 5) is 2.57. The fraction of sp³-hybridized carbons (Fsp3) is 0.667. The van der Waals surface area contributed by atoms with E-state index in [0.29, 0.717) is 5.92 Å². The van der Waals surface area contributed by atoms with Crippen molar-refractivity contribution in [2.45, 2.75) is 64.5 Å². The Morgan fingerprint density at radius 3 is 2.19 bits per heavy atom. The molecule has 0 amide bonds. The molecule has 1 heterocycles. The van der Waals surface area contributed by atoms with Crippen LogP contribution in [0.3, 0.4) is 0 Å². The summed E-state index contributed by atoms with van der Waals surface area (Å²) in [6.07, 6.45) is 3.59. The van der Waals surface area contributed by atoms with Crippen molar-refractivity contribution in [3.8, 4) is 0 Å². The number of likely N-dealkylation sites (tertiary alicyclic amines) is 1. The van der Waals surface area contributed by atoms with Crippen molar-refractivity contribution in [3.05, 3.63) is 35.4 Å². The molecule has 2 rings (SSSR count). The first kappa shape index (κ1) is 16.5. The lowest BCUT2D eigenvalue weighted by atomic mass is 9.87. The van der Waals surface area contributed by atoms with Crippen LogP contribution in [0, 0.1) is 0 Å². The van der Waals surface area contributed by atoms with Gasteiger partial charge in [-0.3, -0.25) is 16.2 Å². The molecule has 118 valence electrons. The minimum absolute atomic E-state index is 0.0853. The Labute approximate surface area is 129 Å². The van der Waals surface area contributed by atoms with E-state index in [1.54, 1.807) is 0 Å². The standard InChI is InChI=1S/C18H31N3/c1-14(2)16-9-7-15(8-10-16)13-17(20-19)18(3,4)21-11-5-6-12-21/h7-10,14,17,20H,5-6,11-13,19H2,1-4H3. The van der Waals surface area contributed by atoms with Crippen molar-refractivity contribution >= 4 is 0 Å². The van der Waals surface area contributed by atoms with E-state index < -0.39 is 0 Å². The lowest BCUT2D eigenvalue weighted by Crippen LogP contribution is -2.59. The molecule has 0 saturated carbocycles. The van der Waals surface area contributed by atoms with Crippen molar-refractivity contribution in [1.29, 1.82) is 0 Å². The van der Waals surface area contributed by atoms with E-state index in [1.165, 1.54) is 37.1 Å². The van der Waals surface area contributed by atoms with Crippen molar-refractivity contribution in [3.63, 3.8) is 0 Å². The highest BCUT2D eigenvalue weighted by molar-refractivity contribution is 5.25. The second kappa shape index (κ2) is 6.91. The van der Waals surface area contributed by atoms with E-state index in [-0.39, 0.29) is 11.6 Å². The summed E-state index contributed by atoms with van der Waals surface area (Å²) in [5.74, 6) is 6.46. The highest BCUT2D eigenvalue weighted by atomic mass is 15.3. The van der Waals surface area contributed by atoms with E-state index in [1.807, 2.05) is 0 Å². The molecule has 1 aromatic rings. The zero-order valence-corrected chi connectivity index (χ0v) is 14.0. The fourth-order valence-corrected chi connectivity index (χ4v) is 3.30. The Balaban J connectivity index is 2.07. The molecule has 1 aliphatic heterocycles. The highest BCUT2D eigenvalue weighted by Crippen LogP contribution is 2.26. The van der Waals surface area contributed by atoms with Crippen LogP contribution in [0.15, 0.2) is 24.3 Å². The Kier molecular flexibility index (Phi) is 5.42. The number of hydrogen-bond donors (Lipinski definition) is 2. The van der Waals surface area contributed by atoms with Crippen LogP contribution >= 0.6 is 0 Å². The smallest absolute Gasteiger partial charge is 0.0429 e. The van der Waals surface area contributed by atoms with Crippen LogP contribution in [0.5, 0.6) is 0 Å². The maximum atomic E-state index is 5.88. The second-order valence-electron chi connectivity index (χ2n) is 7.17. The number of nitrogens with two attached hydrogens (primary N) is 1. The number of nitrogens with zero attached hydrogens (tertiary/aromatic N) is 1. The summed E-state index contributed by atoms with van der Waals surface area (Å²) in [5.41, 5.74) is 5.90. The molecule has 1 saturated heterocycles. The molecule has 1 atom stereocenters. The third-order valence-corrected chi connectivity index (χ3v) is 5.06. The van der Waals surface area contributed by atoms with Gasteiger partial charge in [0, 0.05) is 11.6 Å². The summed E-state index contributed by atoms with van der Waals surface area (Å²) in [6.45, 7) is 11.5. The van der Waals surface area contributed by atoms with Gasteiger partial charge >= 0.3 is 0 Å². The number of benzene rings is 1. The average Bonchev–Trinajstić information content (AvgIpc) is 3.00. The Morgan fingerprint density at radius 1 is 1.14 bits per heavy atom. The molecular formula is C18H31N3. The highest BCUT2D eigenvalue weighted by Gasteiger charge is 2.36. The molecule has 0 bridgehead atoms. The first-order chi connectivity index (χ1) is 9.95. The molecule has 3 nitrogen and oxygen atoms in total. The van der Waals surface area contributed by atoms with E-state index in [2.05, 4.69) is 62.3 Å². The maximum absolute atomic E-state index is 5.88. The fourth-order valence-electron chi connectivity index (χ4n) is 3.30. The van der Waals surface area contributed by atoms with Gasteiger partial charge in [0.2, 0.25) is 0 Å². The predicted octanol–water partition coefficient (Wildman–Crippen LogP) is 3.06. The van der Waals surface area contributed by atoms with Gasteiger partial charge < -0.3 is 0 Å². The van der Waals surface area contributed by atoms with Gasteiger partial charge in [-0.25, -0.2) is 0 Å². The van der Waals surface area contributed by atoms with Crippen LogP contribution in [-0.4, -0.2) is 29.6 Å². The number of hydrazine groups is 1. The van der Waals surface area contributed by atoms with Crippen LogP contribution in [-0.2, 0) is 6.42 Å². The van der Waals surface area contributed by atoms with Gasteiger partial charge in [0.1, 0.15) is 0 Å². The minimum atomic E-state index is 0.0853. The Hall–Kier alpha value is -0.900. The molecule has 0 aromatic heterocycles. The monoisotopic (exact) mass is 289 g/mol. The number of nitrogens with one attached hydrogen (secondary N) is 1. The van der Waals surface area contributed by atoms with Crippen LogP contribution < -0.4 is 11.3 Å². The third-order valence-electron chi connectivity index (χ3n) is 5.06. The van der Waals surface area contributed by atoms with E-state index in [0.717, 1.165) is 6.42 Å². The van der Waals surface area contributed by atoms with E-state index in [4.69, 9.17) is 5.84 Å². The zero-order chi connectivity index (χ0) is 15.5. The molecule has 0 spiro atoms. The lowest BCUT2D eigenvalue weighted by Gasteiger charge is -2.42. The quantitative estimate of drug-likeness (QED) is 0.625. The van der Waals surface area contributed by atoms with Crippen LogP contribution in [0.1, 0.15) is 57.6 Å². The van der Waals surface area contributed by atoms with Gasteiger partial charge in [-0.05, 0) is 63.2 Å². The number of hydrogen-bond acceptors (Lipinski definition) is 3. The van der Waals surface area contributed by atoms with Crippen molar-refractivity contribution in [2.24, 2.45) is 5.84 Å². The van der Waals surface area contributed by atoms with Crippen molar-refractivity contribution in [1.82, 2.24) is 10.3 Å². The molecular weight excluding hydrogens is 258 g/mol. The van der Waals surface area contributed by atoms with E-state index in [9.17, 15) is 0 Å². The molecule has 0 aliphatic carbocycles. The summed E-state index contributed by atoms with van der Waals surface area (Å²) in [7, 11) is 0. The van der Waals surface area contributed by atoms with Gasteiger partial charge in [-0.1, -0.05) is 38.1 Å². The third kappa shape index (κ3) is 3.85. The summed E-state index contributed by atoms with van der Waals surface area (Å²) < 4.78 is 0. The van der Waals surface area contributed by atoms with Crippen LogP contribution in [0.25, 0.3) is 0 Å². The lowest BCUT2D eigenvalue weighted by molar-refractivity contribution is 0.106. The molecule has 1 aliphatic rings. The van der Waals surface area contributed by atoms with Crippen LogP contribution in [0.4, 0.5) is 0 Å². The van der Waals surface area contributed by atoms with Gasteiger partial charge in [0.15, 0.2) is 0 Å². The second-order valence-corrected chi connectivity index (χ2v) is 7.17. The Morgan fingerprint density at radius 2 is 1.71 bits per heavy atom. The predicted molar refractivity (Wildman–Crippen MR) is 90.2 cm³/mol. The van der Waals surface area contributed by atoms with Gasteiger partial charge in [0.25, 0.3) is 0 Å². The minimum Gasteiger partial charge on any atom is -0.297 e. The summed E-state index contributed by atoms with van der Waals surface area (Å²) in [6, 6.07) is 9.26. The van der Waals surface area contributed by atoms with Gasteiger partial charge in [-0.15, -0.1) is 0 Å². The molecule has 21 heavy (non-hydrogen) atoms. The van der Waals surface area contributed by atoms with Crippen molar-refractivity contribution < 1.29 is 0 Å². The Bertz CT molecular complexity index is 430. The largest absolute Gasteiger partial charge is 0.297 e. The first-order valence-corrected chi connectivity index (χ1v) is 8.25. The van der Waals surface area contributed by atoms with E-state index >= 15 is 0 Å². The maximum Gasteiger partial charge on any atom is 0.0429 e. The summed E-state index contributed by atoms with van der Waals surface area (Å²) in [5, 5.41) is 0. The SMILES string of the molecule is CC(C)c1ccc(CC(NN)C(C)(C)N2CCCC2)cc1. The average molecular weight is 289 g/mol.